The van der Waals surface area contributed by atoms with Gasteiger partial charge in [0.25, 0.3) is 0 Å². The first kappa shape index (κ1) is 21.2. The molecule has 2 fully saturated rings. The normalized spacial score (nSPS) is 19.0. The summed E-state index contributed by atoms with van der Waals surface area (Å²) in [6, 6.07) is 13.2. The summed E-state index contributed by atoms with van der Waals surface area (Å²) in [6.45, 7) is 3.34. The number of methoxy groups -OCH3 is 2. The van der Waals surface area contributed by atoms with Gasteiger partial charge in [-0.2, -0.15) is 0 Å². The minimum absolute atomic E-state index is 0.0889. The lowest BCUT2D eigenvalue weighted by Gasteiger charge is -2.21. The van der Waals surface area contributed by atoms with Gasteiger partial charge in [-0.15, -0.1) is 0 Å². The van der Waals surface area contributed by atoms with Crippen LogP contribution >= 0.6 is 0 Å². The molecule has 1 N–H and O–H groups in total. The van der Waals surface area contributed by atoms with Crippen molar-refractivity contribution in [3.63, 3.8) is 0 Å². The number of para-hydroxylation sites is 1. The fourth-order valence-electron chi connectivity index (χ4n) is 4.32. The van der Waals surface area contributed by atoms with Gasteiger partial charge in [-0.05, 0) is 49.7 Å². The number of anilines is 2. The van der Waals surface area contributed by atoms with Crippen LogP contribution in [0.25, 0.3) is 0 Å². The molecule has 164 valence electrons. The van der Waals surface area contributed by atoms with Gasteiger partial charge in [-0.25, -0.2) is 0 Å². The zero-order chi connectivity index (χ0) is 21.8. The maximum Gasteiger partial charge on any atom is 0.229 e. The van der Waals surface area contributed by atoms with Gasteiger partial charge in [-0.3, -0.25) is 14.5 Å². The summed E-state index contributed by atoms with van der Waals surface area (Å²) in [7, 11) is 3.14. The Labute approximate surface area is 182 Å². The van der Waals surface area contributed by atoms with Crippen LogP contribution in [0, 0.1) is 5.92 Å². The molecule has 0 saturated carbocycles. The number of ether oxygens (including phenoxy) is 2. The highest BCUT2D eigenvalue weighted by Crippen LogP contribution is 2.36. The first-order chi connectivity index (χ1) is 15.1. The number of benzene rings is 2. The predicted octanol–water partition coefficient (Wildman–Crippen LogP) is 3.29. The van der Waals surface area contributed by atoms with Crippen molar-refractivity contribution in [1.82, 2.24) is 4.90 Å². The van der Waals surface area contributed by atoms with Crippen molar-refractivity contribution in [1.29, 1.82) is 0 Å². The van der Waals surface area contributed by atoms with Crippen molar-refractivity contribution in [2.45, 2.75) is 25.8 Å². The maximum atomic E-state index is 13.0. The van der Waals surface area contributed by atoms with E-state index in [0.29, 0.717) is 23.7 Å². The van der Waals surface area contributed by atoms with Gasteiger partial charge in [0.2, 0.25) is 11.8 Å². The predicted molar refractivity (Wildman–Crippen MR) is 120 cm³/mol. The number of carbonyl (C=O) groups excluding carboxylic acids is 2. The Hall–Kier alpha value is -3.06. The molecule has 2 aliphatic heterocycles. The highest BCUT2D eigenvalue weighted by molar-refractivity contribution is 6.04. The van der Waals surface area contributed by atoms with E-state index in [-0.39, 0.29) is 18.2 Å². The van der Waals surface area contributed by atoms with Gasteiger partial charge in [0.15, 0.2) is 0 Å². The standard InChI is InChI=1S/C24H29N3O4/c1-30-19-9-10-21(22(14-19)31-2)27-16-18(13-23(27)28)24(29)25-20-8-4-3-7-17(20)15-26-11-5-6-12-26/h3-4,7-10,14,18H,5-6,11-13,15-16H2,1-2H3,(H,25,29). The molecule has 0 radical (unpaired) electrons. The summed E-state index contributed by atoms with van der Waals surface area (Å²) in [6.07, 6.45) is 2.63. The quantitative estimate of drug-likeness (QED) is 0.740. The fourth-order valence-corrected chi connectivity index (χ4v) is 4.32. The minimum Gasteiger partial charge on any atom is -0.497 e. The molecule has 2 aliphatic rings. The smallest absolute Gasteiger partial charge is 0.229 e. The highest BCUT2D eigenvalue weighted by Gasteiger charge is 2.36. The second kappa shape index (κ2) is 9.39. The van der Waals surface area contributed by atoms with Crippen molar-refractivity contribution in [3.05, 3.63) is 48.0 Å². The van der Waals surface area contributed by atoms with E-state index in [0.717, 1.165) is 30.9 Å². The van der Waals surface area contributed by atoms with Gasteiger partial charge < -0.3 is 19.7 Å². The van der Waals surface area contributed by atoms with Crippen molar-refractivity contribution in [2.24, 2.45) is 5.92 Å². The lowest BCUT2D eigenvalue weighted by Crippen LogP contribution is -2.29. The molecular formula is C24H29N3O4. The van der Waals surface area contributed by atoms with Crippen LogP contribution < -0.4 is 19.7 Å². The number of rotatable bonds is 7. The van der Waals surface area contributed by atoms with E-state index in [2.05, 4.69) is 16.3 Å². The van der Waals surface area contributed by atoms with Crippen LogP contribution in [0.2, 0.25) is 0 Å². The molecular weight excluding hydrogens is 394 g/mol. The van der Waals surface area contributed by atoms with Gasteiger partial charge in [0.1, 0.15) is 11.5 Å². The number of nitrogens with one attached hydrogen (secondary N) is 1. The number of amides is 2. The molecule has 0 aliphatic carbocycles. The maximum absolute atomic E-state index is 13.0. The molecule has 0 spiro atoms. The van der Waals surface area contributed by atoms with Crippen LogP contribution in [-0.4, -0.2) is 50.6 Å². The molecule has 2 heterocycles. The molecule has 4 rings (SSSR count). The van der Waals surface area contributed by atoms with Gasteiger partial charge in [0.05, 0.1) is 25.8 Å². The third-order valence-electron chi connectivity index (χ3n) is 6.04. The Kier molecular flexibility index (Phi) is 6.42. The van der Waals surface area contributed by atoms with Crippen LogP contribution in [0.5, 0.6) is 11.5 Å². The molecule has 0 aromatic heterocycles. The average Bonchev–Trinajstić information content (AvgIpc) is 3.44. The Morgan fingerprint density at radius 3 is 2.61 bits per heavy atom. The zero-order valence-electron chi connectivity index (χ0n) is 18.1. The third kappa shape index (κ3) is 4.66. The van der Waals surface area contributed by atoms with Gasteiger partial charge in [-0.1, -0.05) is 18.2 Å². The van der Waals surface area contributed by atoms with Crippen LogP contribution in [-0.2, 0) is 16.1 Å². The van der Waals surface area contributed by atoms with E-state index in [1.807, 2.05) is 18.2 Å². The fraction of sp³-hybridized carbons (Fsp3) is 0.417. The number of carbonyl (C=O) groups is 2. The number of hydrogen-bond acceptors (Lipinski definition) is 5. The summed E-state index contributed by atoms with van der Waals surface area (Å²) >= 11 is 0. The van der Waals surface area contributed by atoms with E-state index in [9.17, 15) is 9.59 Å². The lowest BCUT2D eigenvalue weighted by molar-refractivity contribution is -0.122. The van der Waals surface area contributed by atoms with E-state index in [1.165, 1.54) is 12.8 Å². The summed E-state index contributed by atoms with van der Waals surface area (Å²) in [5.74, 6) is 0.561. The lowest BCUT2D eigenvalue weighted by atomic mass is 10.1. The highest BCUT2D eigenvalue weighted by atomic mass is 16.5. The Bertz CT molecular complexity index is 956. The molecule has 2 aromatic rings. The van der Waals surface area contributed by atoms with E-state index in [1.54, 1.807) is 37.3 Å². The van der Waals surface area contributed by atoms with Crippen LogP contribution in [0.1, 0.15) is 24.8 Å². The molecule has 2 aromatic carbocycles. The molecule has 0 bridgehead atoms. The van der Waals surface area contributed by atoms with Gasteiger partial charge in [0, 0.05) is 31.3 Å². The molecule has 31 heavy (non-hydrogen) atoms. The van der Waals surface area contributed by atoms with Crippen molar-refractivity contribution < 1.29 is 19.1 Å². The van der Waals surface area contributed by atoms with Crippen LogP contribution in [0.15, 0.2) is 42.5 Å². The monoisotopic (exact) mass is 423 g/mol. The molecule has 7 heteroatoms. The largest absolute Gasteiger partial charge is 0.497 e. The second-order valence-electron chi connectivity index (χ2n) is 8.07. The zero-order valence-corrected chi connectivity index (χ0v) is 18.1. The van der Waals surface area contributed by atoms with Crippen molar-refractivity contribution in [2.75, 3.05) is 44.1 Å². The van der Waals surface area contributed by atoms with E-state index >= 15 is 0 Å². The van der Waals surface area contributed by atoms with Gasteiger partial charge >= 0.3 is 0 Å². The van der Waals surface area contributed by atoms with E-state index in [4.69, 9.17) is 9.47 Å². The summed E-state index contributed by atoms with van der Waals surface area (Å²) < 4.78 is 10.7. The number of likely N-dealkylation sites (tertiary alicyclic amines) is 1. The Morgan fingerprint density at radius 1 is 1.10 bits per heavy atom. The Morgan fingerprint density at radius 2 is 1.87 bits per heavy atom. The second-order valence-corrected chi connectivity index (χ2v) is 8.07. The van der Waals surface area contributed by atoms with Crippen molar-refractivity contribution >= 4 is 23.2 Å². The molecule has 2 amide bonds. The average molecular weight is 424 g/mol. The summed E-state index contributed by atoms with van der Waals surface area (Å²) in [5.41, 5.74) is 2.58. The SMILES string of the molecule is COc1ccc(N2CC(C(=O)Nc3ccccc3CN3CCCC3)CC2=O)c(OC)c1. The topological polar surface area (TPSA) is 71.1 Å². The van der Waals surface area contributed by atoms with E-state index < -0.39 is 5.92 Å². The summed E-state index contributed by atoms with van der Waals surface area (Å²) in [4.78, 5) is 29.8. The number of hydrogen-bond donors (Lipinski definition) is 1. The van der Waals surface area contributed by atoms with Crippen LogP contribution in [0.4, 0.5) is 11.4 Å². The molecule has 1 unspecified atom stereocenters. The minimum atomic E-state index is -0.417. The molecule has 2 saturated heterocycles. The summed E-state index contributed by atoms with van der Waals surface area (Å²) in [5, 5.41) is 3.07. The third-order valence-corrected chi connectivity index (χ3v) is 6.04. The molecule has 7 nitrogen and oxygen atoms in total. The Balaban J connectivity index is 1.46. The first-order valence-electron chi connectivity index (χ1n) is 10.7. The molecule has 1 atom stereocenters. The van der Waals surface area contributed by atoms with Crippen molar-refractivity contribution in [3.8, 4) is 11.5 Å². The first-order valence-corrected chi connectivity index (χ1v) is 10.7. The number of nitrogens with zero attached hydrogens (tertiary/aromatic N) is 2. The van der Waals surface area contributed by atoms with Crippen LogP contribution in [0.3, 0.4) is 0 Å².